The number of hydrogen-bond acceptors (Lipinski definition) is 3. The molecule has 0 aliphatic heterocycles. The van der Waals surface area contributed by atoms with E-state index >= 15 is 0 Å². The maximum Gasteiger partial charge on any atom is 0.0196 e. The summed E-state index contributed by atoms with van der Waals surface area (Å²) in [7, 11) is 14.0. The van der Waals surface area contributed by atoms with Gasteiger partial charge in [-0.05, 0) is 160 Å². The molecule has 0 bridgehead atoms. The Hall–Kier alpha value is -10.8. The molecule has 3 atom stereocenters. The molecule has 0 fully saturated rings. The Balaban J connectivity index is 0.000000256. The van der Waals surface area contributed by atoms with Crippen LogP contribution in [0.25, 0.3) is 136 Å². The number of fused-ring (bicyclic) bond motifs is 8. The van der Waals surface area contributed by atoms with Crippen LogP contribution in [0.3, 0.4) is 0 Å². The van der Waals surface area contributed by atoms with E-state index in [4.69, 9.17) is 30.9 Å². The SMILES string of the molecule is CC(C)c1cccc(C(C)C)c1[N-]C(c1cccc(-c2[c-]ccc3ccccc23)n1)c1cccc2ccccc12.CC(C)c1cccc(C(C)C)c1[N-]C(c1cccc(-c2[c-]cccc2)n1)c1cc2ccccc2c2ccccc12.CCc1cccc(CC)c1[N-]C(c1cccc(-c2[c-]cccc2)n1)c1cc2ccccc2c2ccccc12.C[N-]C.C[N-]C.C[N-]C.C[N-]C.[CH3-].[CH3-].[Hf].[Hf].[Hf]. The monoisotopic (exact) mass is 2270 g/mol. The van der Waals surface area contributed by atoms with Crippen molar-refractivity contribution in [1.82, 2.24) is 15.0 Å². The molecule has 3 unspecified atom stereocenters. The molecule has 690 valence electrons. The average Bonchev–Trinajstić information content (AvgIpc) is 0.753. The molecular formula is C122H128Hf3N10-12. The number of pyridine rings is 3. The zero-order valence-electron chi connectivity index (χ0n) is 82.3. The average molecular weight is 2270 g/mol. The topological polar surface area (TPSA) is 137 Å². The van der Waals surface area contributed by atoms with Crippen molar-refractivity contribution in [2.24, 2.45) is 0 Å². The fourth-order valence-electron chi connectivity index (χ4n) is 16.8. The van der Waals surface area contributed by atoms with Crippen LogP contribution >= 0.6 is 0 Å². The molecule has 18 aromatic rings. The summed E-state index contributed by atoms with van der Waals surface area (Å²) in [4.78, 5) is 15.7. The van der Waals surface area contributed by atoms with Crippen LogP contribution in [0.5, 0.6) is 0 Å². The Kier molecular flexibility index (Phi) is 46.1. The largest absolute Gasteiger partial charge is 0.673 e. The van der Waals surface area contributed by atoms with Crippen LogP contribution in [0.2, 0.25) is 0 Å². The molecule has 135 heavy (non-hydrogen) atoms. The fraction of sp³-hybridized carbons (Fsp3) is 0.221. The first-order valence-electron chi connectivity index (χ1n) is 45.4. The third-order valence-electron chi connectivity index (χ3n) is 22.8. The van der Waals surface area contributed by atoms with E-state index in [1.54, 1.807) is 56.4 Å². The van der Waals surface area contributed by atoms with E-state index < -0.39 is 0 Å². The first-order valence-corrected chi connectivity index (χ1v) is 45.4. The molecule has 0 spiro atoms. The standard InChI is InChI=1S/2C38H34N2.C36H30N2.4C2H6N.2CH3.3Hf/c1-25(2)29-19-11-20-30(26(3)4)37(29)40-38(34-22-10-16-28-14-6-8-18-32(28)34)36-24-12-23-35(39-36)33-21-9-15-27-13-5-7-17-31(27)33;1-25(2)29-20-12-21-30(26(3)4)37(29)40-38(36-23-13-22-35(39-36)27-14-6-5-7-15-27)34-24-28-16-8-9-17-31(28)32-18-10-11-19-33(32)34;1-3-25-17-12-18-26(4-2)35(25)38-36(34-23-13-22-33(37-34)27-14-6-5-7-15-27)32-24-28-16-8-9-19-29(28)30-20-10-11-21-31(30)32;4*1-3-2;;;;;/h5-20,22-26,38H,1-4H3;5-14,16-26,38H,1-4H3;5-14,16-24,36H,3-4H2,1-2H3;4*1-2H3;2*1H3;;;/q3*-2;6*-1;;;. The Labute approximate surface area is 863 Å². The van der Waals surface area contributed by atoms with E-state index in [0.29, 0.717) is 23.7 Å². The molecule has 13 heteroatoms. The number of rotatable bonds is 21. The molecule has 3 heterocycles. The van der Waals surface area contributed by atoms with Crippen molar-refractivity contribution in [3.05, 3.63) is 483 Å². The molecule has 18 rings (SSSR count). The summed E-state index contributed by atoms with van der Waals surface area (Å²) in [5, 5.41) is 45.4. The molecule has 15 aromatic carbocycles. The molecule has 0 saturated carbocycles. The number of para-hydroxylation sites is 3. The number of nitrogens with zero attached hydrogens (tertiary/aromatic N) is 10. The van der Waals surface area contributed by atoms with Gasteiger partial charge in [-0.2, -0.15) is 56.4 Å². The second kappa shape index (κ2) is 56.0. The smallest absolute Gasteiger partial charge is 0.0196 e. The Morgan fingerprint density at radius 2 is 0.533 bits per heavy atom. The first kappa shape index (κ1) is 111. The van der Waals surface area contributed by atoms with Gasteiger partial charge in [0.15, 0.2) is 0 Å². The van der Waals surface area contributed by atoms with Gasteiger partial charge in [0.25, 0.3) is 0 Å². The van der Waals surface area contributed by atoms with Gasteiger partial charge in [0.1, 0.15) is 0 Å². The van der Waals surface area contributed by atoms with E-state index in [1.807, 2.05) is 42.5 Å². The van der Waals surface area contributed by atoms with Crippen molar-refractivity contribution in [3.8, 4) is 33.8 Å². The predicted octanol–water partition coefficient (Wildman–Crippen LogP) is 34.9. The van der Waals surface area contributed by atoms with Crippen LogP contribution in [0, 0.1) is 33.1 Å². The second-order valence-corrected chi connectivity index (χ2v) is 33.6. The number of aromatic nitrogens is 3. The molecule has 10 nitrogen and oxygen atoms in total. The van der Waals surface area contributed by atoms with Gasteiger partial charge >= 0.3 is 0 Å². The molecule has 0 N–H and O–H groups in total. The van der Waals surface area contributed by atoms with Crippen molar-refractivity contribution >= 4 is 81.7 Å². The molecular weight excluding hydrogens is 2140 g/mol. The molecule has 3 aromatic heterocycles. The number of benzene rings is 15. The van der Waals surface area contributed by atoms with Crippen molar-refractivity contribution < 1.29 is 77.5 Å². The summed E-state index contributed by atoms with van der Waals surface area (Å²) >= 11 is 0. The van der Waals surface area contributed by atoms with Gasteiger partial charge in [-0.15, -0.1) is 118 Å². The summed E-state index contributed by atoms with van der Waals surface area (Å²) in [6, 6.07) is 131. The Bertz CT molecular complexity index is 6580. The molecule has 0 radical (unpaired) electrons. The number of aryl methyl sites for hydroxylation is 2. The van der Waals surface area contributed by atoms with E-state index in [0.717, 1.165) is 91.7 Å². The quantitative estimate of drug-likeness (QED) is 0.0402. The summed E-state index contributed by atoms with van der Waals surface area (Å²) in [6.45, 7) is 22.4. The summed E-state index contributed by atoms with van der Waals surface area (Å²) < 4.78 is 0. The maximum atomic E-state index is 5.66. The Morgan fingerprint density at radius 3 is 0.919 bits per heavy atom. The van der Waals surface area contributed by atoms with E-state index in [9.17, 15) is 0 Å². The van der Waals surface area contributed by atoms with Gasteiger partial charge in [-0.3, -0.25) is 0 Å². The van der Waals surface area contributed by atoms with Gasteiger partial charge in [0, 0.05) is 94.6 Å². The second-order valence-electron chi connectivity index (χ2n) is 33.6. The van der Waals surface area contributed by atoms with Crippen LogP contribution in [-0.4, -0.2) is 71.3 Å². The Morgan fingerprint density at radius 1 is 0.244 bits per heavy atom. The van der Waals surface area contributed by atoms with Crippen molar-refractivity contribution in [2.75, 3.05) is 56.4 Å². The van der Waals surface area contributed by atoms with Crippen LogP contribution in [0.1, 0.15) is 178 Å². The summed E-state index contributed by atoms with van der Waals surface area (Å²) in [5.41, 5.74) is 22.9. The van der Waals surface area contributed by atoms with Gasteiger partial charge in [0.05, 0.1) is 0 Å². The van der Waals surface area contributed by atoms with Crippen LogP contribution in [0.4, 0.5) is 17.1 Å². The van der Waals surface area contributed by atoms with Gasteiger partial charge in [0.2, 0.25) is 0 Å². The van der Waals surface area contributed by atoms with Crippen molar-refractivity contribution in [1.29, 1.82) is 0 Å². The van der Waals surface area contributed by atoms with Gasteiger partial charge in [-0.25, -0.2) is 0 Å². The first-order chi connectivity index (χ1) is 63.4. The van der Waals surface area contributed by atoms with Gasteiger partial charge in [-0.1, -0.05) is 375 Å². The van der Waals surface area contributed by atoms with Gasteiger partial charge < -0.3 is 67.0 Å². The molecule has 0 aliphatic rings. The minimum absolute atomic E-state index is 0. The van der Waals surface area contributed by atoms with Crippen molar-refractivity contribution in [2.45, 2.75) is 124 Å². The van der Waals surface area contributed by atoms with Crippen LogP contribution in [-0.2, 0) is 90.4 Å². The van der Waals surface area contributed by atoms with E-state index in [2.05, 4.69) is 412 Å². The van der Waals surface area contributed by atoms with E-state index in [1.165, 1.54) is 104 Å². The third-order valence-corrected chi connectivity index (χ3v) is 22.8. The third kappa shape index (κ3) is 27.8. The number of hydrogen-bond donors (Lipinski definition) is 0. The molecule has 0 aliphatic carbocycles. The van der Waals surface area contributed by atoms with Crippen LogP contribution < -0.4 is 0 Å². The summed E-state index contributed by atoms with van der Waals surface area (Å²) in [6.07, 6.45) is 1.87. The summed E-state index contributed by atoms with van der Waals surface area (Å²) in [5.74, 6) is 1.42. The predicted molar refractivity (Wildman–Crippen MR) is 573 cm³/mol. The van der Waals surface area contributed by atoms with E-state index in [-0.39, 0.29) is 111 Å². The van der Waals surface area contributed by atoms with Crippen molar-refractivity contribution in [3.63, 3.8) is 0 Å². The zero-order valence-corrected chi connectivity index (χ0v) is 93.1. The van der Waals surface area contributed by atoms with Crippen LogP contribution in [0.15, 0.2) is 346 Å². The fourth-order valence-corrected chi connectivity index (χ4v) is 16.8. The molecule has 0 saturated heterocycles. The zero-order chi connectivity index (χ0) is 92.0. The minimum atomic E-state index is -0.282. The molecule has 0 amide bonds. The maximum absolute atomic E-state index is 5.66. The minimum Gasteiger partial charge on any atom is -0.673 e. The normalized spacial score (nSPS) is 11.2.